The van der Waals surface area contributed by atoms with Crippen molar-refractivity contribution in [3.8, 4) is 0 Å². The lowest BCUT2D eigenvalue weighted by Crippen LogP contribution is -2.50. The van der Waals surface area contributed by atoms with Gasteiger partial charge in [0.15, 0.2) is 6.61 Å². The molecule has 0 aliphatic heterocycles. The van der Waals surface area contributed by atoms with Gasteiger partial charge in [0.2, 0.25) is 0 Å². The first-order chi connectivity index (χ1) is 15.5. The number of benzene rings is 1. The van der Waals surface area contributed by atoms with Crippen molar-refractivity contribution < 1.29 is 24.0 Å². The van der Waals surface area contributed by atoms with Crippen LogP contribution >= 0.6 is 0 Å². The van der Waals surface area contributed by atoms with Crippen LogP contribution < -0.4 is 5.32 Å². The van der Waals surface area contributed by atoms with Gasteiger partial charge in [0.05, 0.1) is 4.92 Å². The number of amides is 2. The van der Waals surface area contributed by atoms with E-state index < -0.39 is 23.3 Å². The molecule has 2 amide bonds. The van der Waals surface area contributed by atoms with E-state index in [1.165, 1.54) is 31.0 Å². The molecule has 2 aliphatic carbocycles. The Hall–Kier alpha value is -2.97. The van der Waals surface area contributed by atoms with E-state index in [1.807, 2.05) is 4.90 Å². The minimum Gasteiger partial charge on any atom is -0.454 e. The van der Waals surface area contributed by atoms with Crippen molar-refractivity contribution in [3.63, 3.8) is 0 Å². The highest BCUT2D eigenvalue weighted by atomic mass is 16.6. The fourth-order valence-corrected chi connectivity index (χ4v) is 4.71. The summed E-state index contributed by atoms with van der Waals surface area (Å²) in [7, 11) is 0. The molecule has 9 heteroatoms. The molecule has 0 saturated heterocycles. The molecule has 0 atom stereocenters. The molecule has 32 heavy (non-hydrogen) atoms. The molecular formula is C23H31N3O6. The highest BCUT2D eigenvalue weighted by Crippen LogP contribution is 2.30. The van der Waals surface area contributed by atoms with Crippen LogP contribution in [-0.4, -0.2) is 52.8 Å². The van der Waals surface area contributed by atoms with Crippen molar-refractivity contribution in [2.24, 2.45) is 0 Å². The number of carbonyl (C=O) groups excluding carboxylic acids is 3. The number of ether oxygens (including phenoxy) is 1. The van der Waals surface area contributed by atoms with Crippen LogP contribution in [0.2, 0.25) is 0 Å². The van der Waals surface area contributed by atoms with Crippen LogP contribution in [-0.2, 0) is 14.3 Å². The molecule has 1 aromatic carbocycles. The van der Waals surface area contributed by atoms with Crippen molar-refractivity contribution in [3.05, 3.63) is 39.9 Å². The van der Waals surface area contributed by atoms with Crippen LogP contribution in [0.1, 0.15) is 74.6 Å². The van der Waals surface area contributed by atoms with E-state index in [-0.39, 0.29) is 35.8 Å². The Labute approximate surface area is 187 Å². The molecule has 0 spiro atoms. The van der Waals surface area contributed by atoms with Crippen LogP contribution in [0, 0.1) is 10.1 Å². The zero-order chi connectivity index (χ0) is 22.9. The maximum absolute atomic E-state index is 13.0. The Bertz CT molecular complexity index is 813. The van der Waals surface area contributed by atoms with E-state index in [0.717, 1.165) is 57.4 Å². The molecular weight excluding hydrogens is 414 g/mol. The molecule has 0 aromatic heterocycles. The number of non-ortho nitro benzene ring substituents is 1. The largest absolute Gasteiger partial charge is 0.454 e. The molecule has 174 valence electrons. The highest BCUT2D eigenvalue weighted by Gasteiger charge is 2.32. The standard InChI is InChI=1S/C23H31N3O6/c27-21(25(18-9-3-1-4-10-18)19-11-5-2-6-12-19)16-32-22(28)15-24-23(29)17-8-7-13-20(14-17)26(30)31/h7-8,13-14,18-19H,1-6,9-12,15-16H2,(H,24,29). The number of rotatable bonds is 8. The summed E-state index contributed by atoms with van der Waals surface area (Å²) in [5.74, 6) is -1.51. The van der Waals surface area contributed by atoms with Crippen molar-refractivity contribution in [1.82, 2.24) is 10.2 Å². The number of nitro groups is 1. The molecule has 2 fully saturated rings. The number of nitrogens with zero attached hydrogens (tertiary/aromatic N) is 2. The van der Waals surface area contributed by atoms with E-state index in [4.69, 9.17) is 4.74 Å². The molecule has 3 rings (SSSR count). The lowest BCUT2D eigenvalue weighted by molar-refractivity contribution is -0.384. The average molecular weight is 446 g/mol. The summed E-state index contributed by atoms with van der Waals surface area (Å²) in [6, 6.07) is 5.66. The fourth-order valence-electron chi connectivity index (χ4n) is 4.71. The average Bonchev–Trinajstić information content (AvgIpc) is 2.82. The van der Waals surface area contributed by atoms with Crippen LogP contribution in [0.4, 0.5) is 5.69 Å². The zero-order valence-electron chi connectivity index (χ0n) is 18.3. The van der Waals surface area contributed by atoms with Gasteiger partial charge in [-0.15, -0.1) is 0 Å². The summed E-state index contributed by atoms with van der Waals surface area (Å²) >= 11 is 0. The monoisotopic (exact) mass is 445 g/mol. The van der Waals surface area contributed by atoms with Crippen LogP contribution in [0.5, 0.6) is 0 Å². The summed E-state index contributed by atoms with van der Waals surface area (Å²) in [6.07, 6.45) is 10.8. The molecule has 9 nitrogen and oxygen atoms in total. The Morgan fingerprint density at radius 1 is 1.00 bits per heavy atom. The van der Waals surface area contributed by atoms with Gasteiger partial charge >= 0.3 is 5.97 Å². The van der Waals surface area contributed by atoms with Crippen LogP contribution in [0.25, 0.3) is 0 Å². The molecule has 0 bridgehead atoms. The molecule has 0 heterocycles. The third-order valence-corrected chi connectivity index (χ3v) is 6.29. The number of carbonyl (C=O) groups is 3. The predicted octanol–water partition coefficient (Wildman–Crippen LogP) is 3.36. The summed E-state index contributed by atoms with van der Waals surface area (Å²) in [5.41, 5.74) is -0.139. The normalized spacial score (nSPS) is 17.4. The van der Waals surface area contributed by atoms with E-state index >= 15 is 0 Å². The van der Waals surface area contributed by atoms with Gasteiger partial charge in [-0.2, -0.15) is 0 Å². The van der Waals surface area contributed by atoms with Crippen molar-refractivity contribution in [1.29, 1.82) is 0 Å². The summed E-state index contributed by atoms with van der Waals surface area (Å²) in [6.45, 7) is -0.750. The molecule has 2 saturated carbocycles. The second-order valence-electron chi connectivity index (χ2n) is 8.54. The van der Waals surface area contributed by atoms with E-state index in [2.05, 4.69) is 5.32 Å². The summed E-state index contributed by atoms with van der Waals surface area (Å²) in [5, 5.41) is 13.2. The minimum absolute atomic E-state index is 0.0730. The van der Waals surface area contributed by atoms with Crippen LogP contribution in [0.3, 0.4) is 0 Å². The fraction of sp³-hybridized carbons (Fsp3) is 0.609. The summed E-state index contributed by atoms with van der Waals surface area (Å²) < 4.78 is 5.16. The topological polar surface area (TPSA) is 119 Å². The third-order valence-electron chi connectivity index (χ3n) is 6.29. The van der Waals surface area contributed by atoms with Gasteiger partial charge in [-0.1, -0.05) is 44.6 Å². The van der Waals surface area contributed by atoms with Gasteiger partial charge in [0.25, 0.3) is 17.5 Å². The van der Waals surface area contributed by atoms with E-state index in [0.29, 0.717) is 0 Å². The second-order valence-corrected chi connectivity index (χ2v) is 8.54. The number of nitrogens with one attached hydrogen (secondary N) is 1. The summed E-state index contributed by atoms with van der Waals surface area (Å²) in [4.78, 5) is 49.5. The van der Waals surface area contributed by atoms with Gasteiger partial charge in [-0.3, -0.25) is 24.5 Å². The van der Waals surface area contributed by atoms with Gasteiger partial charge in [0.1, 0.15) is 6.54 Å². The number of hydrogen-bond acceptors (Lipinski definition) is 6. The molecule has 1 N–H and O–H groups in total. The Morgan fingerprint density at radius 2 is 1.59 bits per heavy atom. The number of esters is 1. The molecule has 2 aliphatic rings. The smallest absolute Gasteiger partial charge is 0.325 e. The van der Waals surface area contributed by atoms with Gasteiger partial charge < -0.3 is 15.0 Å². The quantitative estimate of drug-likeness (QED) is 0.372. The van der Waals surface area contributed by atoms with E-state index in [9.17, 15) is 24.5 Å². The van der Waals surface area contributed by atoms with Crippen LogP contribution in [0.15, 0.2) is 24.3 Å². The van der Waals surface area contributed by atoms with Gasteiger partial charge in [-0.25, -0.2) is 0 Å². The molecule has 0 unspecified atom stereocenters. The Morgan fingerprint density at radius 3 is 2.16 bits per heavy atom. The third kappa shape index (κ3) is 6.51. The minimum atomic E-state index is -0.718. The lowest BCUT2D eigenvalue weighted by Gasteiger charge is -2.41. The first-order valence-corrected chi connectivity index (χ1v) is 11.4. The first kappa shape index (κ1) is 23.7. The first-order valence-electron chi connectivity index (χ1n) is 11.4. The van der Waals surface area contributed by atoms with Gasteiger partial charge in [-0.05, 0) is 31.7 Å². The number of nitro benzene ring substituents is 1. The maximum atomic E-state index is 13.0. The highest BCUT2D eigenvalue weighted by molar-refractivity contribution is 5.96. The number of hydrogen-bond donors (Lipinski definition) is 1. The van der Waals surface area contributed by atoms with Crippen molar-refractivity contribution in [2.45, 2.75) is 76.3 Å². The Balaban J connectivity index is 1.50. The maximum Gasteiger partial charge on any atom is 0.325 e. The van der Waals surface area contributed by atoms with E-state index in [1.54, 1.807) is 0 Å². The van der Waals surface area contributed by atoms with Crippen molar-refractivity contribution >= 4 is 23.5 Å². The second kappa shape index (κ2) is 11.6. The SMILES string of the molecule is O=C(CNC(=O)c1cccc([N+](=O)[O-])c1)OCC(=O)N(C1CCCCC1)C1CCCCC1. The zero-order valence-corrected chi connectivity index (χ0v) is 18.3. The van der Waals surface area contributed by atoms with Crippen molar-refractivity contribution in [2.75, 3.05) is 13.2 Å². The van der Waals surface area contributed by atoms with Gasteiger partial charge in [0, 0.05) is 29.8 Å². The molecule has 1 aromatic rings. The lowest BCUT2D eigenvalue weighted by atomic mass is 9.88. The predicted molar refractivity (Wildman–Crippen MR) is 117 cm³/mol. The Kier molecular flexibility index (Phi) is 8.58. The molecule has 0 radical (unpaired) electrons.